The van der Waals surface area contributed by atoms with Gasteiger partial charge >= 0.3 is 0 Å². The Hall–Kier alpha value is -1.87. The summed E-state index contributed by atoms with van der Waals surface area (Å²) in [5.74, 6) is 2.06. The van der Waals surface area contributed by atoms with Crippen molar-refractivity contribution in [2.75, 3.05) is 25.7 Å². The Morgan fingerprint density at radius 3 is 2.46 bits per heavy atom. The Bertz CT molecular complexity index is 734. The first-order valence-electron chi connectivity index (χ1n) is 8.41. The van der Waals surface area contributed by atoms with Gasteiger partial charge in [0.1, 0.15) is 0 Å². The van der Waals surface area contributed by atoms with Crippen LogP contribution in [-0.4, -0.2) is 26.1 Å². The maximum atomic E-state index is 6.74. The van der Waals surface area contributed by atoms with Gasteiger partial charge in [-0.2, -0.15) is 0 Å². The van der Waals surface area contributed by atoms with Crippen LogP contribution in [0.4, 0.5) is 5.69 Å². The number of benzene rings is 2. The highest BCUT2D eigenvalue weighted by Gasteiger charge is 2.40. The summed E-state index contributed by atoms with van der Waals surface area (Å²) in [5, 5.41) is 0.202. The molecule has 4 heteroatoms. The van der Waals surface area contributed by atoms with Crippen LogP contribution in [0.15, 0.2) is 42.5 Å². The molecule has 2 aromatic rings. The van der Waals surface area contributed by atoms with Gasteiger partial charge in [0.15, 0.2) is 11.5 Å². The SMILES string of the molecule is COc1cc2c(cc1OC)N1C[C@H](C2)[C@H](Cl)C[C@@H]1c1ccccc1. The summed E-state index contributed by atoms with van der Waals surface area (Å²) in [6, 6.07) is 15.2. The number of hydrogen-bond donors (Lipinski definition) is 0. The summed E-state index contributed by atoms with van der Waals surface area (Å²) in [6.07, 6.45) is 1.98. The third-order valence-corrected chi connectivity index (χ3v) is 5.86. The molecule has 1 saturated heterocycles. The highest BCUT2D eigenvalue weighted by molar-refractivity contribution is 6.21. The van der Waals surface area contributed by atoms with E-state index >= 15 is 0 Å². The third-order valence-electron chi connectivity index (χ3n) is 5.33. The van der Waals surface area contributed by atoms with E-state index in [1.165, 1.54) is 16.8 Å². The quantitative estimate of drug-likeness (QED) is 0.769. The van der Waals surface area contributed by atoms with Crippen molar-refractivity contribution in [2.45, 2.75) is 24.3 Å². The fraction of sp³-hybridized carbons (Fsp3) is 0.400. The Morgan fingerprint density at radius 2 is 1.75 bits per heavy atom. The molecule has 2 aliphatic rings. The molecule has 0 aromatic heterocycles. The molecule has 0 radical (unpaired) electrons. The summed E-state index contributed by atoms with van der Waals surface area (Å²) < 4.78 is 11.0. The molecule has 4 rings (SSSR count). The molecule has 1 fully saturated rings. The fourth-order valence-electron chi connectivity index (χ4n) is 4.10. The number of fused-ring (bicyclic) bond motifs is 4. The highest BCUT2D eigenvalue weighted by Crippen LogP contribution is 2.48. The van der Waals surface area contributed by atoms with Crippen molar-refractivity contribution in [3.8, 4) is 11.5 Å². The van der Waals surface area contributed by atoms with E-state index in [4.69, 9.17) is 21.1 Å². The van der Waals surface area contributed by atoms with Gasteiger partial charge in [0, 0.05) is 23.7 Å². The van der Waals surface area contributed by atoms with Gasteiger partial charge in [-0.15, -0.1) is 11.6 Å². The zero-order valence-corrected chi connectivity index (χ0v) is 14.8. The predicted molar refractivity (Wildman–Crippen MR) is 97.5 cm³/mol. The summed E-state index contributed by atoms with van der Waals surface area (Å²) in [4.78, 5) is 2.50. The summed E-state index contributed by atoms with van der Waals surface area (Å²) >= 11 is 6.74. The molecule has 0 N–H and O–H groups in total. The number of halogens is 1. The topological polar surface area (TPSA) is 21.7 Å². The molecule has 126 valence electrons. The minimum Gasteiger partial charge on any atom is -0.493 e. The van der Waals surface area contributed by atoms with Crippen molar-refractivity contribution in [1.29, 1.82) is 0 Å². The second-order valence-electron chi connectivity index (χ2n) is 6.63. The van der Waals surface area contributed by atoms with Crippen molar-refractivity contribution < 1.29 is 9.47 Å². The van der Waals surface area contributed by atoms with Gasteiger partial charge in [0.2, 0.25) is 0 Å². The molecule has 0 spiro atoms. The van der Waals surface area contributed by atoms with E-state index in [0.717, 1.165) is 30.9 Å². The molecule has 2 heterocycles. The Kier molecular flexibility index (Phi) is 4.05. The first-order chi connectivity index (χ1) is 11.7. The maximum absolute atomic E-state index is 6.74. The zero-order valence-electron chi connectivity index (χ0n) is 14.0. The number of ether oxygens (including phenoxy) is 2. The number of methoxy groups -OCH3 is 2. The number of alkyl halides is 1. The van der Waals surface area contributed by atoms with Crippen LogP contribution in [0.1, 0.15) is 23.6 Å². The normalized spacial score (nSPS) is 25.1. The van der Waals surface area contributed by atoms with Crippen LogP contribution in [0.5, 0.6) is 11.5 Å². The van der Waals surface area contributed by atoms with Crippen molar-refractivity contribution in [3.05, 3.63) is 53.6 Å². The lowest BCUT2D eigenvalue weighted by molar-refractivity contribution is 0.338. The van der Waals surface area contributed by atoms with Crippen molar-refractivity contribution in [3.63, 3.8) is 0 Å². The largest absolute Gasteiger partial charge is 0.493 e. The second-order valence-corrected chi connectivity index (χ2v) is 7.19. The third kappa shape index (κ3) is 2.51. The highest BCUT2D eigenvalue weighted by atomic mass is 35.5. The first-order valence-corrected chi connectivity index (χ1v) is 8.85. The van der Waals surface area contributed by atoms with Crippen LogP contribution in [0.3, 0.4) is 0 Å². The number of rotatable bonds is 3. The van der Waals surface area contributed by atoms with Crippen LogP contribution in [0, 0.1) is 5.92 Å². The fourth-order valence-corrected chi connectivity index (χ4v) is 4.44. The van der Waals surface area contributed by atoms with E-state index in [2.05, 4.69) is 47.4 Å². The maximum Gasteiger partial charge on any atom is 0.162 e. The van der Waals surface area contributed by atoms with E-state index in [1.54, 1.807) is 14.2 Å². The van der Waals surface area contributed by atoms with Gasteiger partial charge in [-0.05, 0) is 36.0 Å². The lowest BCUT2D eigenvalue weighted by Crippen LogP contribution is -2.47. The van der Waals surface area contributed by atoms with Gasteiger partial charge in [-0.25, -0.2) is 0 Å². The standard InChI is InChI=1S/C20H22ClNO2/c1-23-19-9-14-8-15-12-22(18(14)11-20(19)24-2)17(10-16(15)21)13-6-4-3-5-7-13/h3-7,9,11,15-17H,8,10,12H2,1-2H3/t15-,16+,17+/m0/s1. The molecular formula is C20H22ClNO2. The molecule has 2 aromatic carbocycles. The smallest absolute Gasteiger partial charge is 0.162 e. The van der Waals surface area contributed by atoms with Gasteiger partial charge < -0.3 is 14.4 Å². The number of nitrogens with zero attached hydrogens (tertiary/aromatic N) is 1. The first kappa shape index (κ1) is 15.6. The van der Waals surface area contributed by atoms with Crippen LogP contribution in [-0.2, 0) is 6.42 Å². The molecular weight excluding hydrogens is 322 g/mol. The molecule has 2 bridgehead atoms. The van der Waals surface area contributed by atoms with Crippen molar-refractivity contribution >= 4 is 17.3 Å². The number of piperidine rings is 1. The minimum atomic E-state index is 0.202. The Morgan fingerprint density at radius 1 is 1.04 bits per heavy atom. The molecule has 0 aliphatic carbocycles. The van der Waals surface area contributed by atoms with Crippen LogP contribution in [0.25, 0.3) is 0 Å². The molecule has 24 heavy (non-hydrogen) atoms. The van der Waals surface area contributed by atoms with Gasteiger partial charge in [-0.3, -0.25) is 0 Å². The Balaban J connectivity index is 1.81. The minimum absolute atomic E-state index is 0.202. The van der Waals surface area contributed by atoms with E-state index in [0.29, 0.717) is 12.0 Å². The molecule has 3 atom stereocenters. The summed E-state index contributed by atoms with van der Waals surface area (Å²) in [6.45, 7) is 0.996. The Labute approximate surface area is 148 Å². The van der Waals surface area contributed by atoms with E-state index in [-0.39, 0.29) is 5.38 Å². The average molecular weight is 344 g/mol. The van der Waals surface area contributed by atoms with Gasteiger partial charge in [-0.1, -0.05) is 30.3 Å². The number of anilines is 1. The van der Waals surface area contributed by atoms with E-state index in [9.17, 15) is 0 Å². The second kappa shape index (κ2) is 6.21. The lowest BCUT2D eigenvalue weighted by atomic mass is 9.80. The van der Waals surface area contributed by atoms with Crippen LogP contribution in [0.2, 0.25) is 0 Å². The van der Waals surface area contributed by atoms with Crippen molar-refractivity contribution in [1.82, 2.24) is 0 Å². The van der Waals surface area contributed by atoms with E-state index in [1.807, 2.05) is 0 Å². The van der Waals surface area contributed by atoms with Gasteiger partial charge in [0.05, 0.1) is 20.3 Å². The van der Waals surface area contributed by atoms with E-state index < -0.39 is 0 Å². The number of hydrogen-bond acceptors (Lipinski definition) is 3. The lowest BCUT2D eigenvalue weighted by Gasteiger charge is -2.48. The molecule has 0 amide bonds. The van der Waals surface area contributed by atoms with Gasteiger partial charge in [0.25, 0.3) is 0 Å². The average Bonchev–Trinajstić information content (AvgIpc) is 2.64. The van der Waals surface area contributed by atoms with Crippen molar-refractivity contribution in [2.24, 2.45) is 5.92 Å². The predicted octanol–water partition coefficient (Wildman–Crippen LogP) is 4.43. The molecule has 0 saturated carbocycles. The van der Waals surface area contributed by atoms with Crippen LogP contribution < -0.4 is 14.4 Å². The zero-order chi connectivity index (χ0) is 16.7. The van der Waals surface area contributed by atoms with Crippen LogP contribution >= 0.6 is 11.6 Å². The molecule has 3 nitrogen and oxygen atoms in total. The molecule has 0 unspecified atom stereocenters. The molecule has 2 aliphatic heterocycles. The summed E-state index contributed by atoms with van der Waals surface area (Å²) in [7, 11) is 3.38. The summed E-state index contributed by atoms with van der Waals surface area (Å²) in [5.41, 5.74) is 3.88. The monoisotopic (exact) mass is 343 g/mol.